The topological polar surface area (TPSA) is 20.3 Å². The molecule has 0 bridgehead atoms. The van der Waals surface area contributed by atoms with Crippen LogP contribution in [0.2, 0.25) is 0 Å². The van der Waals surface area contributed by atoms with Gasteiger partial charge in [-0.1, -0.05) is 12.1 Å². The smallest absolute Gasteiger partial charge is 0.222 e. The maximum absolute atomic E-state index is 13.3. The normalized spacial score (nSPS) is 16.1. The van der Waals surface area contributed by atoms with E-state index in [0.717, 1.165) is 12.5 Å². The highest BCUT2D eigenvalue weighted by atomic mass is 19.2. The minimum atomic E-state index is -0.862. The van der Waals surface area contributed by atoms with E-state index in [1.165, 1.54) is 12.1 Å². The molecule has 4 heteroatoms. The monoisotopic (exact) mass is 211 g/mol. The molecule has 1 saturated heterocycles. The number of rotatable bonds is 2. The molecule has 15 heavy (non-hydrogen) atoms. The summed E-state index contributed by atoms with van der Waals surface area (Å²) in [6.45, 7) is 0.803. The SMILES string of the molecule is O=C1CCCN1Cc1cccc(F)c1F. The zero-order valence-corrected chi connectivity index (χ0v) is 8.17. The van der Waals surface area contributed by atoms with Crippen molar-refractivity contribution in [2.45, 2.75) is 19.4 Å². The van der Waals surface area contributed by atoms with Crippen LogP contribution in [0, 0.1) is 11.6 Å². The first-order chi connectivity index (χ1) is 7.18. The van der Waals surface area contributed by atoms with Crippen LogP contribution in [0.25, 0.3) is 0 Å². The molecule has 1 aromatic carbocycles. The Balaban J connectivity index is 2.17. The lowest BCUT2D eigenvalue weighted by Gasteiger charge is -2.15. The molecule has 0 spiro atoms. The first-order valence-electron chi connectivity index (χ1n) is 4.89. The number of likely N-dealkylation sites (tertiary alicyclic amines) is 1. The van der Waals surface area contributed by atoms with Crippen molar-refractivity contribution < 1.29 is 13.6 Å². The molecule has 0 atom stereocenters. The average Bonchev–Trinajstić information content (AvgIpc) is 2.60. The predicted octanol–water partition coefficient (Wildman–Crippen LogP) is 2.09. The Kier molecular flexibility index (Phi) is 2.66. The Bertz CT molecular complexity index is 392. The molecule has 0 aromatic heterocycles. The number of nitrogens with zero attached hydrogens (tertiary/aromatic N) is 1. The number of carbonyl (C=O) groups is 1. The molecule has 0 aliphatic carbocycles. The molecule has 80 valence electrons. The van der Waals surface area contributed by atoms with E-state index in [4.69, 9.17) is 0 Å². The van der Waals surface area contributed by atoms with Crippen molar-refractivity contribution in [1.82, 2.24) is 4.90 Å². The van der Waals surface area contributed by atoms with Crippen molar-refractivity contribution in [3.8, 4) is 0 Å². The van der Waals surface area contributed by atoms with Gasteiger partial charge in [-0.15, -0.1) is 0 Å². The molecule has 2 rings (SSSR count). The predicted molar refractivity (Wildman–Crippen MR) is 51.0 cm³/mol. The highest BCUT2D eigenvalue weighted by Crippen LogP contribution is 2.17. The van der Waals surface area contributed by atoms with Gasteiger partial charge in [0.2, 0.25) is 5.91 Å². The highest BCUT2D eigenvalue weighted by molar-refractivity contribution is 5.78. The van der Waals surface area contributed by atoms with Crippen molar-refractivity contribution in [2.75, 3.05) is 6.54 Å². The first kappa shape index (κ1) is 10.1. The fraction of sp³-hybridized carbons (Fsp3) is 0.364. The van der Waals surface area contributed by atoms with Crippen LogP contribution in [-0.4, -0.2) is 17.4 Å². The zero-order chi connectivity index (χ0) is 10.8. The second kappa shape index (κ2) is 3.96. The molecular weight excluding hydrogens is 200 g/mol. The summed E-state index contributed by atoms with van der Waals surface area (Å²) in [7, 11) is 0. The largest absolute Gasteiger partial charge is 0.338 e. The van der Waals surface area contributed by atoms with Gasteiger partial charge in [0.1, 0.15) is 0 Å². The van der Waals surface area contributed by atoms with Gasteiger partial charge < -0.3 is 4.90 Å². The molecular formula is C11H11F2NO. The lowest BCUT2D eigenvalue weighted by Crippen LogP contribution is -2.24. The van der Waals surface area contributed by atoms with Gasteiger partial charge in [-0.05, 0) is 12.5 Å². The van der Waals surface area contributed by atoms with Gasteiger partial charge in [-0.2, -0.15) is 0 Å². The second-order valence-electron chi connectivity index (χ2n) is 3.63. The van der Waals surface area contributed by atoms with E-state index in [-0.39, 0.29) is 18.0 Å². The van der Waals surface area contributed by atoms with Crippen molar-refractivity contribution in [2.24, 2.45) is 0 Å². The lowest BCUT2D eigenvalue weighted by molar-refractivity contribution is -0.128. The number of hydrogen-bond donors (Lipinski definition) is 0. The lowest BCUT2D eigenvalue weighted by atomic mass is 10.2. The number of halogens is 2. The summed E-state index contributed by atoms with van der Waals surface area (Å²) in [6.07, 6.45) is 1.31. The van der Waals surface area contributed by atoms with E-state index in [2.05, 4.69) is 0 Å². The molecule has 1 fully saturated rings. The highest BCUT2D eigenvalue weighted by Gasteiger charge is 2.21. The number of amides is 1. The summed E-state index contributed by atoms with van der Waals surface area (Å²) in [5.74, 6) is -1.70. The number of carbonyl (C=O) groups excluding carboxylic acids is 1. The van der Waals surface area contributed by atoms with Crippen molar-refractivity contribution >= 4 is 5.91 Å². The summed E-state index contributed by atoms with van der Waals surface area (Å²) < 4.78 is 26.1. The van der Waals surface area contributed by atoms with Crippen LogP contribution in [-0.2, 0) is 11.3 Å². The summed E-state index contributed by atoms with van der Waals surface area (Å²) >= 11 is 0. The molecule has 1 aliphatic heterocycles. The Morgan fingerprint density at radius 3 is 2.80 bits per heavy atom. The molecule has 2 nitrogen and oxygen atoms in total. The minimum Gasteiger partial charge on any atom is -0.338 e. The van der Waals surface area contributed by atoms with Gasteiger partial charge in [0.15, 0.2) is 11.6 Å². The molecule has 1 aromatic rings. The molecule has 0 radical (unpaired) electrons. The Morgan fingerprint density at radius 2 is 2.13 bits per heavy atom. The summed E-state index contributed by atoms with van der Waals surface area (Å²) in [6, 6.07) is 4.03. The number of benzene rings is 1. The van der Waals surface area contributed by atoms with E-state index in [9.17, 15) is 13.6 Å². The Hall–Kier alpha value is -1.45. The van der Waals surface area contributed by atoms with Crippen LogP contribution in [0.5, 0.6) is 0 Å². The summed E-state index contributed by atoms with van der Waals surface area (Å²) in [4.78, 5) is 12.8. The second-order valence-corrected chi connectivity index (χ2v) is 3.63. The third-order valence-electron chi connectivity index (χ3n) is 2.56. The maximum Gasteiger partial charge on any atom is 0.222 e. The molecule has 1 aliphatic rings. The van der Waals surface area contributed by atoms with Crippen LogP contribution in [0.15, 0.2) is 18.2 Å². The Morgan fingerprint density at radius 1 is 1.33 bits per heavy atom. The average molecular weight is 211 g/mol. The Labute approximate surface area is 86.5 Å². The van der Waals surface area contributed by atoms with Gasteiger partial charge in [0.25, 0.3) is 0 Å². The summed E-state index contributed by atoms with van der Waals surface area (Å²) in [5, 5.41) is 0. The molecule has 0 unspecified atom stereocenters. The minimum absolute atomic E-state index is 0.0126. The van der Waals surface area contributed by atoms with Crippen LogP contribution < -0.4 is 0 Å². The maximum atomic E-state index is 13.3. The van der Waals surface area contributed by atoms with Crippen molar-refractivity contribution in [3.05, 3.63) is 35.4 Å². The van der Waals surface area contributed by atoms with Crippen LogP contribution in [0.3, 0.4) is 0 Å². The van der Waals surface area contributed by atoms with E-state index in [1.54, 1.807) is 4.90 Å². The quantitative estimate of drug-likeness (QED) is 0.733. The molecule has 0 saturated carbocycles. The van der Waals surface area contributed by atoms with Crippen molar-refractivity contribution in [3.63, 3.8) is 0 Å². The summed E-state index contributed by atoms with van der Waals surface area (Å²) in [5.41, 5.74) is 0.241. The van der Waals surface area contributed by atoms with E-state index in [0.29, 0.717) is 13.0 Å². The molecule has 1 amide bonds. The third-order valence-corrected chi connectivity index (χ3v) is 2.56. The van der Waals surface area contributed by atoms with Crippen LogP contribution in [0.1, 0.15) is 18.4 Å². The van der Waals surface area contributed by atoms with Gasteiger partial charge in [0.05, 0.1) is 0 Å². The van der Waals surface area contributed by atoms with Gasteiger partial charge in [-0.3, -0.25) is 4.79 Å². The van der Waals surface area contributed by atoms with Gasteiger partial charge in [-0.25, -0.2) is 8.78 Å². The zero-order valence-electron chi connectivity index (χ0n) is 8.17. The van der Waals surface area contributed by atoms with Gasteiger partial charge in [0, 0.05) is 25.1 Å². The first-order valence-corrected chi connectivity index (χ1v) is 4.89. The number of hydrogen-bond acceptors (Lipinski definition) is 1. The van der Waals surface area contributed by atoms with Crippen LogP contribution >= 0.6 is 0 Å². The fourth-order valence-electron chi connectivity index (χ4n) is 1.75. The van der Waals surface area contributed by atoms with E-state index < -0.39 is 11.6 Å². The molecule has 1 heterocycles. The fourth-order valence-corrected chi connectivity index (χ4v) is 1.75. The molecule has 0 N–H and O–H groups in total. The van der Waals surface area contributed by atoms with Crippen LogP contribution in [0.4, 0.5) is 8.78 Å². The van der Waals surface area contributed by atoms with Crippen molar-refractivity contribution in [1.29, 1.82) is 0 Å². The van der Waals surface area contributed by atoms with Gasteiger partial charge >= 0.3 is 0 Å². The van der Waals surface area contributed by atoms with E-state index in [1.807, 2.05) is 0 Å². The van der Waals surface area contributed by atoms with E-state index >= 15 is 0 Å². The third kappa shape index (κ3) is 1.98. The standard InChI is InChI=1S/C11H11F2NO/c12-9-4-1-3-8(11(9)13)7-14-6-2-5-10(14)15/h1,3-4H,2,5-7H2.